The Balaban J connectivity index is 2.29. The van der Waals surface area contributed by atoms with Gasteiger partial charge in [0.05, 0.1) is 25.2 Å². The number of sulfonamides is 1. The lowest BCUT2D eigenvalue weighted by Crippen LogP contribution is -2.17. The summed E-state index contributed by atoms with van der Waals surface area (Å²) in [5.74, 6) is 0.947. The summed E-state index contributed by atoms with van der Waals surface area (Å²) in [7, 11) is -2.14. The van der Waals surface area contributed by atoms with Crippen molar-refractivity contribution in [2.45, 2.75) is 18.9 Å². The zero-order valence-electron chi connectivity index (χ0n) is 11.4. The molecule has 20 heavy (non-hydrogen) atoms. The number of rotatable bonds is 5. The summed E-state index contributed by atoms with van der Waals surface area (Å²) >= 11 is 0. The fourth-order valence-electron chi connectivity index (χ4n) is 1.54. The van der Waals surface area contributed by atoms with Crippen molar-refractivity contribution < 1.29 is 13.2 Å². The van der Waals surface area contributed by atoms with Crippen LogP contribution in [-0.2, 0) is 17.1 Å². The molecule has 2 aromatic rings. The number of hydrogen-bond donors (Lipinski definition) is 1. The lowest BCUT2D eigenvalue weighted by atomic mass is 10.6. The van der Waals surface area contributed by atoms with Crippen molar-refractivity contribution in [2.75, 3.05) is 11.3 Å². The summed E-state index contributed by atoms with van der Waals surface area (Å²) in [5, 5.41) is 0.0543. The van der Waals surface area contributed by atoms with E-state index in [9.17, 15) is 8.42 Å². The van der Waals surface area contributed by atoms with Crippen LogP contribution in [0.25, 0.3) is 0 Å². The van der Waals surface area contributed by atoms with Crippen LogP contribution in [0.1, 0.15) is 12.7 Å². The molecule has 0 aliphatic carbocycles. The van der Waals surface area contributed by atoms with Gasteiger partial charge in [0.15, 0.2) is 10.8 Å². The van der Waals surface area contributed by atoms with Crippen LogP contribution in [-0.4, -0.2) is 34.5 Å². The Bertz CT molecular complexity index is 711. The molecule has 8 nitrogen and oxygen atoms in total. The largest absolute Gasteiger partial charge is 0.477 e. The van der Waals surface area contributed by atoms with E-state index in [0.29, 0.717) is 12.4 Å². The van der Waals surface area contributed by atoms with Crippen molar-refractivity contribution in [2.24, 2.45) is 7.05 Å². The summed E-state index contributed by atoms with van der Waals surface area (Å²) in [6, 6.07) is 0. The van der Waals surface area contributed by atoms with Crippen LogP contribution >= 0.6 is 0 Å². The van der Waals surface area contributed by atoms with Crippen LogP contribution in [0.3, 0.4) is 0 Å². The molecule has 0 aromatic carbocycles. The fraction of sp³-hybridized carbons (Fsp3) is 0.364. The van der Waals surface area contributed by atoms with Crippen LogP contribution in [0.15, 0.2) is 23.6 Å². The van der Waals surface area contributed by atoms with Gasteiger partial charge in [-0.15, -0.1) is 0 Å². The summed E-state index contributed by atoms with van der Waals surface area (Å²) in [6.45, 7) is 3.94. The molecule has 2 heterocycles. The van der Waals surface area contributed by atoms with Crippen molar-refractivity contribution in [1.82, 2.24) is 19.5 Å². The van der Waals surface area contributed by atoms with Crippen molar-refractivity contribution in [3.8, 4) is 5.88 Å². The molecule has 0 atom stereocenters. The first-order chi connectivity index (χ1) is 9.44. The Morgan fingerprint density at radius 3 is 2.70 bits per heavy atom. The molecule has 2 aromatic heterocycles. The summed E-state index contributed by atoms with van der Waals surface area (Å²) in [4.78, 5) is 11.8. The molecule has 0 aliphatic heterocycles. The van der Waals surface area contributed by atoms with E-state index in [-0.39, 0.29) is 16.7 Å². The van der Waals surface area contributed by atoms with E-state index in [4.69, 9.17) is 4.74 Å². The van der Waals surface area contributed by atoms with E-state index in [0.717, 1.165) is 0 Å². The summed E-state index contributed by atoms with van der Waals surface area (Å²) in [6.07, 6.45) is 4.01. The molecule has 0 spiro atoms. The highest BCUT2D eigenvalue weighted by Crippen LogP contribution is 2.16. The molecule has 9 heteroatoms. The van der Waals surface area contributed by atoms with Gasteiger partial charge in [-0.2, -0.15) is 13.4 Å². The van der Waals surface area contributed by atoms with E-state index in [2.05, 4.69) is 19.7 Å². The molecule has 0 radical (unpaired) electrons. The Hall–Kier alpha value is -2.16. The van der Waals surface area contributed by atoms with Crippen LogP contribution in [0, 0.1) is 6.92 Å². The number of nitrogens with zero attached hydrogens (tertiary/aromatic N) is 4. The molecule has 2 rings (SSSR count). The first kappa shape index (κ1) is 14.3. The minimum Gasteiger partial charge on any atom is -0.477 e. The zero-order chi connectivity index (χ0) is 14.8. The van der Waals surface area contributed by atoms with Gasteiger partial charge in [0.2, 0.25) is 5.88 Å². The number of hydrogen-bond acceptors (Lipinski definition) is 6. The first-order valence-electron chi connectivity index (χ1n) is 5.90. The van der Waals surface area contributed by atoms with E-state index in [1.165, 1.54) is 23.2 Å². The van der Waals surface area contributed by atoms with Gasteiger partial charge in [-0.05, 0) is 13.8 Å². The van der Waals surface area contributed by atoms with Crippen molar-refractivity contribution >= 4 is 15.8 Å². The average Bonchev–Trinajstić information content (AvgIpc) is 2.71. The van der Waals surface area contributed by atoms with Gasteiger partial charge in [0.1, 0.15) is 5.82 Å². The molecule has 0 aliphatic rings. The third-order valence-electron chi connectivity index (χ3n) is 2.60. The third-order valence-corrected chi connectivity index (χ3v) is 4.00. The molecule has 108 valence electrons. The predicted octanol–water partition coefficient (Wildman–Crippen LogP) is 0.718. The van der Waals surface area contributed by atoms with Crippen LogP contribution in [0.5, 0.6) is 5.88 Å². The average molecular weight is 297 g/mol. The lowest BCUT2D eigenvalue weighted by molar-refractivity contribution is 0.326. The van der Waals surface area contributed by atoms with Gasteiger partial charge in [-0.1, -0.05) is 0 Å². The van der Waals surface area contributed by atoms with Crippen molar-refractivity contribution in [3.63, 3.8) is 0 Å². The van der Waals surface area contributed by atoms with Crippen molar-refractivity contribution in [3.05, 3.63) is 24.4 Å². The number of imidazole rings is 1. The molecule has 0 saturated carbocycles. The summed E-state index contributed by atoms with van der Waals surface area (Å²) < 4.78 is 33.4. The fourth-order valence-corrected chi connectivity index (χ4v) is 2.70. The van der Waals surface area contributed by atoms with Gasteiger partial charge >= 0.3 is 0 Å². The number of nitrogens with one attached hydrogen (secondary N) is 1. The van der Waals surface area contributed by atoms with Gasteiger partial charge < -0.3 is 9.30 Å². The Labute approximate surface area is 116 Å². The highest BCUT2D eigenvalue weighted by atomic mass is 32.2. The number of anilines is 1. The SMILES string of the molecule is CCOc1cncc(NS(=O)(=O)c2cnc(C)n2C)n1. The van der Waals surface area contributed by atoms with Gasteiger partial charge in [-0.3, -0.25) is 9.71 Å². The molecule has 0 unspecified atom stereocenters. The highest BCUT2D eigenvalue weighted by molar-refractivity contribution is 7.92. The number of aromatic nitrogens is 4. The van der Waals surface area contributed by atoms with Crippen LogP contribution in [0.4, 0.5) is 5.82 Å². The van der Waals surface area contributed by atoms with E-state index < -0.39 is 10.0 Å². The lowest BCUT2D eigenvalue weighted by Gasteiger charge is -2.08. The molecular weight excluding hydrogens is 282 g/mol. The maximum absolute atomic E-state index is 12.2. The van der Waals surface area contributed by atoms with E-state index >= 15 is 0 Å². The van der Waals surface area contributed by atoms with Crippen LogP contribution < -0.4 is 9.46 Å². The summed E-state index contributed by atoms with van der Waals surface area (Å²) in [5.41, 5.74) is 0. The van der Waals surface area contributed by atoms with E-state index in [1.54, 1.807) is 20.9 Å². The predicted molar refractivity (Wildman–Crippen MR) is 72.0 cm³/mol. The molecule has 0 fully saturated rings. The molecule has 0 bridgehead atoms. The van der Waals surface area contributed by atoms with Crippen LogP contribution in [0.2, 0.25) is 0 Å². The van der Waals surface area contributed by atoms with Crippen molar-refractivity contribution in [1.29, 1.82) is 0 Å². The highest BCUT2D eigenvalue weighted by Gasteiger charge is 2.20. The molecule has 0 amide bonds. The monoisotopic (exact) mass is 297 g/mol. The second kappa shape index (κ2) is 5.45. The Kier molecular flexibility index (Phi) is 3.89. The first-order valence-corrected chi connectivity index (χ1v) is 7.38. The zero-order valence-corrected chi connectivity index (χ0v) is 12.2. The second-order valence-electron chi connectivity index (χ2n) is 3.98. The smallest absolute Gasteiger partial charge is 0.280 e. The Morgan fingerprint density at radius 1 is 1.35 bits per heavy atom. The molecular formula is C11H15N5O3S. The quantitative estimate of drug-likeness (QED) is 0.873. The number of ether oxygens (including phenoxy) is 1. The normalized spacial score (nSPS) is 11.3. The molecule has 0 saturated heterocycles. The number of aryl methyl sites for hydroxylation is 1. The minimum atomic E-state index is -3.76. The maximum Gasteiger partial charge on any atom is 0.280 e. The molecule has 1 N–H and O–H groups in total. The second-order valence-corrected chi connectivity index (χ2v) is 5.61. The maximum atomic E-state index is 12.2. The van der Waals surface area contributed by atoms with E-state index in [1.807, 2.05) is 0 Å². The topological polar surface area (TPSA) is 99.0 Å². The Morgan fingerprint density at radius 2 is 2.10 bits per heavy atom. The van der Waals surface area contributed by atoms with Gasteiger partial charge in [0, 0.05) is 7.05 Å². The van der Waals surface area contributed by atoms with Gasteiger partial charge in [-0.25, -0.2) is 4.98 Å². The van der Waals surface area contributed by atoms with Gasteiger partial charge in [0.25, 0.3) is 10.0 Å². The minimum absolute atomic E-state index is 0.0543. The standard InChI is InChI=1S/C11H15N5O3S/c1-4-19-10-6-12-5-9(14-10)15-20(17,18)11-7-13-8(2)16(11)3/h5-7H,4H2,1-3H3,(H,14,15). The third kappa shape index (κ3) is 2.87.